The van der Waals surface area contributed by atoms with Crippen LogP contribution >= 0.6 is 0 Å². The fourth-order valence-corrected chi connectivity index (χ4v) is 0.573. The molecular formula is C10H24N4O. The molecule has 0 saturated carbocycles. The van der Waals surface area contributed by atoms with Crippen LogP contribution in [-0.2, 0) is 4.79 Å². The molecule has 5 heteroatoms. The Labute approximate surface area is 92.7 Å². The van der Waals surface area contributed by atoms with Gasteiger partial charge in [-0.3, -0.25) is 4.79 Å². The minimum absolute atomic E-state index is 0.139. The molecule has 0 radical (unpaired) electrons. The molecule has 0 bridgehead atoms. The summed E-state index contributed by atoms with van der Waals surface area (Å²) in [5.74, 6) is -0.139. The average Bonchev–Trinajstić information content (AvgIpc) is 2.16. The number of carbonyl (C=O) groups excluding carboxylic acids is 1. The lowest BCUT2D eigenvalue weighted by molar-refractivity contribution is -0.116. The first-order valence-electron chi connectivity index (χ1n) is 4.96. The first-order chi connectivity index (χ1) is 7.04. The zero-order valence-corrected chi connectivity index (χ0v) is 10.0. The summed E-state index contributed by atoms with van der Waals surface area (Å²) in [6.07, 6.45) is 1.25. The first-order valence-corrected chi connectivity index (χ1v) is 4.96. The third kappa shape index (κ3) is 24.6. The summed E-state index contributed by atoms with van der Waals surface area (Å²) in [4.78, 5) is 12.6. The minimum atomic E-state index is -0.139. The molecule has 0 atom stereocenters. The predicted octanol–water partition coefficient (Wildman–Crippen LogP) is -0.985. The molecule has 0 heterocycles. The van der Waals surface area contributed by atoms with Gasteiger partial charge in [-0.15, -0.1) is 0 Å². The van der Waals surface area contributed by atoms with Gasteiger partial charge in [0.15, 0.2) is 0 Å². The van der Waals surface area contributed by atoms with Crippen LogP contribution in [0.5, 0.6) is 0 Å². The summed E-state index contributed by atoms with van der Waals surface area (Å²) in [5.41, 5.74) is 5.23. The maximum Gasteiger partial charge on any atom is 0.243 e. The van der Waals surface area contributed by atoms with Gasteiger partial charge in [0.2, 0.25) is 5.91 Å². The first kappa shape index (κ1) is 16.5. The van der Waals surface area contributed by atoms with E-state index in [0.717, 1.165) is 13.1 Å². The number of rotatable bonds is 6. The van der Waals surface area contributed by atoms with E-state index >= 15 is 0 Å². The van der Waals surface area contributed by atoms with E-state index in [4.69, 9.17) is 5.73 Å². The molecule has 4 N–H and O–H groups in total. The Morgan fingerprint density at radius 3 is 2.27 bits per heavy atom. The molecular weight excluding hydrogens is 192 g/mol. The Morgan fingerprint density at radius 1 is 1.33 bits per heavy atom. The molecule has 0 aliphatic carbocycles. The van der Waals surface area contributed by atoms with Crippen LogP contribution in [0.15, 0.2) is 12.7 Å². The molecule has 1 amide bonds. The highest BCUT2D eigenvalue weighted by molar-refractivity contribution is 5.86. The number of nitrogens with one attached hydrogen (secondary N) is 2. The summed E-state index contributed by atoms with van der Waals surface area (Å²) in [6, 6.07) is 0. The molecule has 5 nitrogen and oxygen atoms in total. The van der Waals surface area contributed by atoms with Crippen molar-refractivity contribution in [3.8, 4) is 0 Å². The van der Waals surface area contributed by atoms with Gasteiger partial charge in [-0.25, -0.2) is 0 Å². The van der Waals surface area contributed by atoms with Crippen molar-refractivity contribution >= 4 is 5.91 Å². The van der Waals surface area contributed by atoms with E-state index in [0.29, 0.717) is 13.1 Å². The molecule has 0 saturated heterocycles. The largest absolute Gasteiger partial charge is 0.351 e. The Bertz CT molecular complexity index is 157. The molecule has 15 heavy (non-hydrogen) atoms. The summed E-state index contributed by atoms with van der Waals surface area (Å²) in [7, 11) is 6.00. The van der Waals surface area contributed by atoms with Crippen LogP contribution in [0.1, 0.15) is 0 Å². The Morgan fingerprint density at radius 2 is 1.87 bits per heavy atom. The topological polar surface area (TPSA) is 70.4 Å². The smallest absolute Gasteiger partial charge is 0.243 e. The quantitative estimate of drug-likeness (QED) is 0.394. The van der Waals surface area contributed by atoms with Gasteiger partial charge >= 0.3 is 0 Å². The van der Waals surface area contributed by atoms with Crippen molar-refractivity contribution in [1.29, 1.82) is 0 Å². The molecule has 0 aromatic heterocycles. The van der Waals surface area contributed by atoms with Crippen molar-refractivity contribution in [2.75, 3.05) is 47.3 Å². The van der Waals surface area contributed by atoms with Crippen molar-refractivity contribution in [2.24, 2.45) is 5.73 Å². The Kier molecular flexibility index (Phi) is 14.4. The molecule has 0 unspecified atom stereocenters. The standard InChI is InChI=1S/C7H15N3O.C3H9N/c1-2-7(11)10-6-5-9-4-3-8;1-4(2)3/h2,9H,1,3-6,8H2,(H,10,11);1-3H3. The van der Waals surface area contributed by atoms with E-state index in [2.05, 4.69) is 17.2 Å². The second-order valence-corrected chi connectivity index (χ2v) is 3.38. The van der Waals surface area contributed by atoms with Crippen LogP contribution < -0.4 is 16.4 Å². The van der Waals surface area contributed by atoms with Gasteiger partial charge in [-0.2, -0.15) is 0 Å². The highest BCUT2D eigenvalue weighted by Gasteiger charge is 1.90. The number of nitrogens with two attached hydrogens (primary N) is 1. The number of nitrogens with zero attached hydrogens (tertiary/aromatic N) is 1. The van der Waals surface area contributed by atoms with E-state index in [-0.39, 0.29) is 5.91 Å². The van der Waals surface area contributed by atoms with Gasteiger partial charge < -0.3 is 21.3 Å². The van der Waals surface area contributed by atoms with Gasteiger partial charge in [0, 0.05) is 26.2 Å². The van der Waals surface area contributed by atoms with E-state index in [1.54, 1.807) is 0 Å². The van der Waals surface area contributed by atoms with Crippen LogP contribution in [0.25, 0.3) is 0 Å². The van der Waals surface area contributed by atoms with E-state index in [1.807, 2.05) is 26.0 Å². The second kappa shape index (κ2) is 13.1. The van der Waals surface area contributed by atoms with E-state index in [1.165, 1.54) is 6.08 Å². The Balaban J connectivity index is 0. The van der Waals surface area contributed by atoms with Crippen LogP contribution in [0.3, 0.4) is 0 Å². The SMILES string of the molecule is C=CC(=O)NCCNCCN.CN(C)C. The average molecular weight is 216 g/mol. The third-order valence-corrected chi connectivity index (χ3v) is 1.11. The molecule has 0 aromatic rings. The highest BCUT2D eigenvalue weighted by atomic mass is 16.1. The van der Waals surface area contributed by atoms with Crippen molar-refractivity contribution in [1.82, 2.24) is 15.5 Å². The molecule has 0 aliphatic rings. The lowest BCUT2D eigenvalue weighted by Crippen LogP contribution is -2.32. The van der Waals surface area contributed by atoms with Gasteiger partial charge in [-0.1, -0.05) is 6.58 Å². The van der Waals surface area contributed by atoms with Crippen LogP contribution in [0.2, 0.25) is 0 Å². The van der Waals surface area contributed by atoms with Gasteiger partial charge in [0.05, 0.1) is 0 Å². The molecule has 0 rings (SSSR count). The lowest BCUT2D eigenvalue weighted by atomic mass is 10.5. The van der Waals surface area contributed by atoms with Crippen LogP contribution in [0, 0.1) is 0 Å². The van der Waals surface area contributed by atoms with Crippen molar-refractivity contribution in [3.63, 3.8) is 0 Å². The van der Waals surface area contributed by atoms with Gasteiger partial charge in [0.25, 0.3) is 0 Å². The zero-order chi connectivity index (χ0) is 12.1. The molecule has 90 valence electrons. The van der Waals surface area contributed by atoms with E-state index < -0.39 is 0 Å². The monoisotopic (exact) mass is 216 g/mol. The van der Waals surface area contributed by atoms with Crippen LogP contribution in [0.4, 0.5) is 0 Å². The number of carbonyl (C=O) groups is 1. The minimum Gasteiger partial charge on any atom is -0.351 e. The van der Waals surface area contributed by atoms with Crippen molar-refractivity contribution in [3.05, 3.63) is 12.7 Å². The summed E-state index contributed by atoms with van der Waals surface area (Å²) < 4.78 is 0. The summed E-state index contributed by atoms with van der Waals surface area (Å²) in [5, 5.41) is 5.67. The van der Waals surface area contributed by atoms with Gasteiger partial charge in [-0.05, 0) is 27.2 Å². The zero-order valence-electron chi connectivity index (χ0n) is 10.0. The fourth-order valence-electron chi connectivity index (χ4n) is 0.573. The summed E-state index contributed by atoms with van der Waals surface area (Å²) in [6.45, 7) is 6.09. The fraction of sp³-hybridized carbons (Fsp3) is 0.700. The summed E-state index contributed by atoms with van der Waals surface area (Å²) >= 11 is 0. The second-order valence-electron chi connectivity index (χ2n) is 3.38. The number of amides is 1. The third-order valence-electron chi connectivity index (χ3n) is 1.11. The molecule has 0 spiro atoms. The number of hydrogen-bond donors (Lipinski definition) is 3. The van der Waals surface area contributed by atoms with Gasteiger partial charge in [0.1, 0.15) is 0 Å². The molecule has 0 fully saturated rings. The molecule has 0 aliphatic heterocycles. The number of hydrogen-bond acceptors (Lipinski definition) is 4. The lowest BCUT2D eigenvalue weighted by Gasteiger charge is -2.02. The van der Waals surface area contributed by atoms with Crippen molar-refractivity contribution < 1.29 is 4.79 Å². The maximum absolute atomic E-state index is 10.6. The normalized spacial score (nSPS) is 9.13. The van der Waals surface area contributed by atoms with E-state index in [9.17, 15) is 4.79 Å². The molecule has 0 aromatic carbocycles. The predicted molar refractivity (Wildman–Crippen MR) is 64.7 cm³/mol. The maximum atomic E-state index is 10.6. The van der Waals surface area contributed by atoms with Crippen molar-refractivity contribution in [2.45, 2.75) is 0 Å². The highest BCUT2D eigenvalue weighted by Crippen LogP contribution is 1.64. The van der Waals surface area contributed by atoms with Crippen LogP contribution in [-0.4, -0.2) is 58.1 Å². The Hall–Kier alpha value is -0.910.